The number of hydrogen-bond acceptors (Lipinski definition) is 3. The number of rotatable bonds is 7. The monoisotopic (exact) mass is 438 g/mol. The molecule has 0 spiro atoms. The highest BCUT2D eigenvalue weighted by molar-refractivity contribution is 7.98. The number of aryl methyl sites for hydroxylation is 1. The molecule has 164 valence electrons. The molecule has 3 aromatic rings. The van der Waals surface area contributed by atoms with Crippen molar-refractivity contribution in [3.05, 3.63) is 82.2 Å². The lowest BCUT2D eigenvalue weighted by atomic mass is 9.82. The normalized spacial score (nSPS) is 11.5. The average molecular weight is 439 g/mol. The van der Waals surface area contributed by atoms with E-state index in [1.807, 2.05) is 0 Å². The Hall–Kier alpha value is -2.30. The first-order chi connectivity index (χ1) is 14.7. The van der Waals surface area contributed by atoms with Gasteiger partial charge >= 0.3 is 0 Å². The number of phenols is 1. The second kappa shape index (κ2) is 9.88. The predicted octanol–water partition coefficient (Wildman–Crippen LogP) is 7.54. The van der Waals surface area contributed by atoms with Gasteiger partial charge < -0.3 is 10.2 Å². The summed E-state index contributed by atoms with van der Waals surface area (Å²) in [7, 11) is 0. The minimum atomic E-state index is -0.480. The molecule has 4 heteroatoms. The summed E-state index contributed by atoms with van der Waals surface area (Å²) < 4.78 is 13.7. The van der Waals surface area contributed by atoms with Gasteiger partial charge in [0.25, 0.3) is 0 Å². The third kappa shape index (κ3) is 5.13. The van der Waals surface area contributed by atoms with Crippen LogP contribution >= 0.6 is 11.8 Å². The third-order valence-electron chi connectivity index (χ3n) is 5.65. The number of halogens is 1. The summed E-state index contributed by atoms with van der Waals surface area (Å²) in [6.07, 6.45) is 0. The van der Waals surface area contributed by atoms with Crippen LogP contribution in [-0.4, -0.2) is 10.2 Å². The first-order valence-corrected chi connectivity index (χ1v) is 11.7. The topological polar surface area (TPSA) is 40.5 Å². The maximum Gasteiger partial charge on any atom is 0.126 e. The van der Waals surface area contributed by atoms with Gasteiger partial charge in [-0.25, -0.2) is 4.39 Å². The number of hydrogen-bond donors (Lipinski definition) is 2. The number of aliphatic hydroxyl groups is 1. The van der Waals surface area contributed by atoms with Crippen LogP contribution < -0.4 is 0 Å². The van der Waals surface area contributed by atoms with Gasteiger partial charge in [-0.3, -0.25) is 0 Å². The molecule has 0 saturated heterocycles. The first-order valence-electron chi connectivity index (χ1n) is 10.7. The quantitative estimate of drug-likeness (QED) is 0.374. The van der Waals surface area contributed by atoms with Crippen molar-refractivity contribution in [2.75, 3.05) is 0 Å². The molecule has 2 N–H and O–H groups in total. The lowest BCUT2D eigenvalue weighted by Crippen LogP contribution is -2.08. The van der Waals surface area contributed by atoms with Crippen LogP contribution in [0, 0.1) is 12.7 Å². The van der Waals surface area contributed by atoms with Crippen LogP contribution in [0.1, 0.15) is 67.3 Å². The average Bonchev–Trinajstić information content (AvgIpc) is 2.72. The molecule has 0 aliphatic heterocycles. The molecule has 0 saturated carbocycles. The maximum absolute atomic E-state index is 13.7. The molecule has 0 fully saturated rings. The van der Waals surface area contributed by atoms with Crippen LogP contribution in [0.4, 0.5) is 4.39 Å². The highest BCUT2D eigenvalue weighted by Crippen LogP contribution is 2.43. The van der Waals surface area contributed by atoms with Crippen molar-refractivity contribution < 1.29 is 14.6 Å². The number of phenolic OH excluding ortho intramolecular Hbond substituents is 1. The standard InChI is InChI=1S/C27H31FO2S/c1-16(2)22-13-23(17(3)4)25(15-31-20-9-6-18(5)7-10-20)27(24(22)14-29)21-11-8-19(28)12-26(21)30/h6-13,16-17,29-30H,14-15H2,1-5H3. The Morgan fingerprint density at radius 3 is 2.03 bits per heavy atom. The predicted molar refractivity (Wildman–Crippen MR) is 128 cm³/mol. The van der Waals surface area contributed by atoms with Crippen molar-refractivity contribution in [3.63, 3.8) is 0 Å². The molecular formula is C27H31FO2S. The SMILES string of the molecule is Cc1ccc(SCc2c(C(C)C)cc(C(C)C)c(CO)c2-c2ccc(F)cc2O)cc1. The van der Waals surface area contributed by atoms with Gasteiger partial charge in [-0.15, -0.1) is 11.8 Å². The molecule has 0 heterocycles. The fourth-order valence-electron chi connectivity index (χ4n) is 4.00. The fourth-order valence-corrected chi connectivity index (χ4v) is 4.95. The van der Waals surface area contributed by atoms with Crippen LogP contribution in [0.3, 0.4) is 0 Å². The summed E-state index contributed by atoms with van der Waals surface area (Å²) in [4.78, 5) is 1.16. The number of aliphatic hydroxyl groups excluding tert-OH is 1. The Labute approximate surface area is 189 Å². The Kier molecular flexibility index (Phi) is 7.45. The molecule has 0 unspecified atom stereocenters. The molecule has 0 aliphatic rings. The molecule has 0 aliphatic carbocycles. The smallest absolute Gasteiger partial charge is 0.126 e. The fraction of sp³-hybridized carbons (Fsp3) is 0.333. The van der Waals surface area contributed by atoms with Crippen molar-refractivity contribution >= 4 is 11.8 Å². The lowest BCUT2D eigenvalue weighted by molar-refractivity contribution is 0.280. The van der Waals surface area contributed by atoms with Crippen molar-refractivity contribution in [2.24, 2.45) is 0 Å². The largest absolute Gasteiger partial charge is 0.507 e. The molecule has 3 rings (SSSR count). The van der Waals surface area contributed by atoms with E-state index in [4.69, 9.17) is 0 Å². The van der Waals surface area contributed by atoms with Crippen molar-refractivity contribution in [1.82, 2.24) is 0 Å². The number of aromatic hydroxyl groups is 1. The zero-order valence-electron chi connectivity index (χ0n) is 18.9. The van der Waals surface area contributed by atoms with Gasteiger partial charge in [0.2, 0.25) is 0 Å². The maximum atomic E-state index is 13.7. The van der Waals surface area contributed by atoms with Crippen LogP contribution in [0.15, 0.2) is 53.4 Å². The van der Waals surface area contributed by atoms with Gasteiger partial charge in [-0.1, -0.05) is 51.5 Å². The minimum Gasteiger partial charge on any atom is -0.507 e. The first kappa shape index (κ1) is 23.4. The summed E-state index contributed by atoms with van der Waals surface area (Å²) in [5.41, 5.74) is 6.75. The van der Waals surface area contributed by atoms with Gasteiger partial charge in [0.05, 0.1) is 6.61 Å². The molecule has 31 heavy (non-hydrogen) atoms. The van der Waals surface area contributed by atoms with Crippen molar-refractivity contribution in [3.8, 4) is 16.9 Å². The number of thioether (sulfide) groups is 1. The van der Waals surface area contributed by atoms with Gasteiger partial charge in [0.1, 0.15) is 11.6 Å². The zero-order chi connectivity index (χ0) is 22.7. The molecular weight excluding hydrogens is 407 g/mol. The summed E-state index contributed by atoms with van der Waals surface area (Å²) in [5, 5.41) is 21.0. The summed E-state index contributed by atoms with van der Waals surface area (Å²) >= 11 is 1.73. The molecule has 0 aromatic heterocycles. The number of benzene rings is 3. The molecule has 2 nitrogen and oxygen atoms in total. The van der Waals surface area contributed by atoms with E-state index in [2.05, 4.69) is 65.0 Å². The zero-order valence-corrected chi connectivity index (χ0v) is 19.7. The van der Waals surface area contributed by atoms with Gasteiger partial charge in [0, 0.05) is 22.3 Å². The highest BCUT2D eigenvalue weighted by atomic mass is 32.2. The highest BCUT2D eigenvalue weighted by Gasteiger charge is 2.23. The van der Waals surface area contributed by atoms with E-state index in [1.165, 1.54) is 17.2 Å². The van der Waals surface area contributed by atoms with E-state index in [-0.39, 0.29) is 24.2 Å². The molecule has 0 amide bonds. The molecule has 0 bridgehead atoms. The Morgan fingerprint density at radius 2 is 1.48 bits per heavy atom. The Morgan fingerprint density at radius 1 is 0.871 bits per heavy atom. The van der Waals surface area contributed by atoms with E-state index < -0.39 is 5.82 Å². The lowest BCUT2D eigenvalue weighted by Gasteiger charge is -2.25. The van der Waals surface area contributed by atoms with Crippen LogP contribution in [0.2, 0.25) is 0 Å². The van der Waals surface area contributed by atoms with E-state index in [0.717, 1.165) is 33.2 Å². The minimum absolute atomic E-state index is 0.105. The Balaban J connectivity index is 2.25. The van der Waals surface area contributed by atoms with Gasteiger partial charge in [-0.2, -0.15) is 0 Å². The summed E-state index contributed by atoms with van der Waals surface area (Å²) in [5.74, 6) is 0.576. The van der Waals surface area contributed by atoms with Gasteiger partial charge in [0.15, 0.2) is 0 Å². The van der Waals surface area contributed by atoms with E-state index in [1.54, 1.807) is 17.8 Å². The van der Waals surface area contributed by atoms with E-state index in [0.29, 0.717) is 11.3 Å². The van der Waals surface area contributed by atoms with E-state index >= 15 is 0 Å². The molecule has 0 radical (unpaired) electrons. The second-order valence-corrected chi connectivity index (χ2v) is 9.67. The van der Waals surface area contributed by atoms with Crippen LogP contribution in [0.25, 0.3) is 11.1 Å². The molecule has 3 aromatic carbocycles. The summed E-state index contributed by atoms with van der Waals surface area (Å²) in [6, 6.07) is 14.7. The van der Waals surface area contributed by atoms with Crippen molar-refractivity contribution in [1.29, 1.82) is 0 Å². The van der Waals surface area contributed by atoms with E-state index in [9.17, 15) is 14.6 Å². The molecule has 0 atom stereocenters. The third-order valence-corrected chi connectivity index (χ3v) is 6.69. The second-order valence-electron chi connectivity index (χ2n) is 8.62. The van der Waals surface area contributed by atoms with Crippen LogP contribution in [-0.2, 0) is 12.4 Å². The van der Waals surface area contributed by atoms with Crippen LogP contribution in [0.5, 0.6) is 5.75 Å². The summed E-state index contributed by atoms with van der Waals surface area (Å²) in [6.45, 7) is 10.5. The van der Waals surface area contributed by atoms with Gasteiger partial charge in [-0.05, 0) is 70.8 Å². The Bertz CT molecular complexity index is 1060. The van der Waals surface area contributed by atoms with Crippen molar-refractivity contribution in [2.45, 2.75) is 63.7 Å².